The van der Waals surface area contributed by atoms with Crippen molar-refractivity contribution in [2.75, 3.05) is 13.2 Å². The minimum atomic E-state index is -0.291. The van der Waals surface area contributed by atoms with Crippen LogP contribution in [0.3, 0.4) is 0 Å². The van der Waals surface area contributed by atoms with E-state index in [-0.39, 0.29) is 24.3 Å². The number of thioether (sulfide) groups is 1. The van der Waals surface area contributed by atoms with Gasteiger partial charge in [-0.2, -0.15) is 0 Å². The van der Waals surface area contributed by atoms with E-state index in [0.717, 1.165) is 17.3 Å². The molecule has 5 nitrogen and oxygen atoms in total. The van der Waals surface area contributed by atoms with Crippen molar-refractivity contribution in [1.29, 1.82) is 0 Å². The van der Waals surface area contributed by atoms with Gasteiger partial charge in [-0.1, -0.05) is 24.3 Å². The van der Waals surface area contributed by atoms with Crippen molar-refractivity contribution in [3.63, 3.8) is 0 Å². The van der Waals surface area contributed by atoms with E-state index in [1.54, 1.807) is 24.5 Å². The topological polar surface area (TPSA) is 59.5 Å². The van der Waals surface area contributed by atoms with Gasteiger partial charge in [0.2, 0.25) is 0 Å². The van der Waals surface area contributed by atoms with Crippen LogP contribution in [0.2, 0.25) is 0 Å². The predicted octanol–water partition coefficient (Wildman–Crippen LogP) is 3.20. The molecule has 0 saturated carbocycles. The number of benzene rings is 1. The Hall–Kier alpha value is -2.60. The molecule has 23 heavy (non-hydrogen) atoms. The van der Waals surface area contributed by atoms with E-state index in [9.17, 15) is 9.59 Å². The summed E-state index contributed by atoms with van der Waals surface area (Å²) in [7, 11) is 0. The standard InChI is InChI=1S/C17H14N2O3S/c20-16-15(11-13-5-4-8-18-12-13)23-17(21)19(16)9-10-22-14-6-2-1-3-7-14/h1-8,11-12H,9-10H2/b15-11+. The molecule has 0 radical (unpaired) electrons. The molecule has 0 aliphatic carbocycles. The highest BCUT2D eigenvalue weighted by Gasteiger charge is 2.34. The minimum Gasteiger partial charge on any atom is -0.492 e. The number of pyridine rings is 1. The molecule has 2 amide bonds. The van der Waals surface area contributed by atoms with Crippen LogP contribution in [0.5, 0.6) is 5.75 Å². The molecule has 1 fully saturated rings. The number of amides is 2. The first kappa shape index (κ1) is 15.3. The largest absolute Gasteiger partial charge is 0.492 e. The number of carbonyl (C=O) groups excluding carboxylic acids is 2. The van der Waals surface area contributed by atoms with Gasteiger partial charge in [0, 0.05) is 12.4 Å². The number of hydrogen-bond donors (Lipinski definition) is 0. The SMILES string of the molecule is O=C1S/C(=C/c2cccnc2)C(=O)N1CCOc1ccccc1. The predicted molar refractivity (Wildman–Crippen MR) is 88.9 cm³/mol. The molecular formula is C17H14N2O3S. The summed E-state index contributed by atoms with van der Waals surface area (Å²) >= 11 is 0.938. The van der Waals surface area contributed by atoms with Gasteiger partial charge >= 0.3 is 0 Å². The van der Waals surface area contributed by atoms with Gasteiger partial charge in [-0.25, -0.2) is 0 Å². The van der Waals surface area contributed by atoms with Gasteiger partial charge in [-0.05, 0) is 41.6 Å². The Labute approximate surface area is 138 Å². The van der Waals surface area contributed by atoms with Gasteiger partial charge < -0.3 is 4.74 Å². The molecule has 2 aromatic rings. The number of carbonyl (C=O) groups is 2. The van der Waals surface area contributed by atoms with E-state index in [4.69, 9.17) is 4.74 Å². The van der Waals surface area contributed by atoms with Crippen LogP contribution >= 0.6 is 11.8 Å². The number of ether oxygens (including phenoxy) is 1. The number of imide groups is 1. The van der Waals surface area contributed by atoms with Crippen molar-refractivity contribution in [2.45, 2.75) is 0 Å². The van der Waals surface area contributed by atoms with Crippen molar-refractivity contribution in [3.05, 3.63) is 65.3 Å². The first-order chi connectivity index (χ1) is 11.2. The van der Waals surface area contributed by atoms with Crippen LogP contribution in [0, 0.1) is 0 Å². The maximum Gasteiger partial charge on any atom is 0.293 e. The summed E-state index contributed by atoms with van der Waals surface area (Å²) < 4.78 is 5.53. The highest BCUT2D eigenvalue weighted by molar-refractivity contribution is 8.18. The highest BCUT2D eigenvalue weighted by atomic mass is 32.2. The number of para-hydroxylation sites is 1. The van der Waals surface area contributed by atoms with Crippen LogP contribution in [-0.2, 0) is 4.79 Å². The second-order valence-corrected chi connectivity index (χ2v) is 5.77. The second kappa shape index (κ2) is 7.11. The van der Waals surface area contributed by atoms with Crippen LogP contribution in [0.25, 0.3) is 6.08 Å². The zero-order valence-corrected chi connectivity index (χ0v) is 13.0. The molecule has 6 heteroatoms. The lowest BCUT2D eigenvalue weighted by Crippen LogP contribution is -2.32. The van der Waals surface area contributed by atoms with E-state index >= 15 is 0 Å². The van der Waals surface area contributed by atoms with Gasteiger partial charge in [0.15, 0.2) is 0 Å². The monoisotopic (exact) mass is 326 g/mol. The number of hydrogen-bond acceptors (Lipinski definition) is 5. The average Bonchev–Trinajstić information content (AvgIpc) is 2.84. The number of aromatic nitrogens is 1. The Balaban J connectivity index is 1.62. The maximum absolute atomic E-state index is 12.3. The third kappa shape index (κ3) is 3.78. The van der Waals surface area contributed by atoms with Crippen LogP contribution in [0.1, 0.15) is 5.56 Å². The summed E-state index contributed by atoms with van der Waals surface area (Å²) in [6.07, 6.45) is 4.98. The van der Waals surface area contributed by atoms with Crippen molar-refractivity contribution in [1.82, 2.24) is 9.88 Å². The zero-order valence-electron chi connectivity index (χ0n) is 12.2. The molecule has 1 aliphatic rings. The molecule has 0 spiro atoms. The van der Waals surface area contributed by atoms with Gasteiger partial charge in [0.1, 0.15) is 12.4 Å². The molecule has 116 valence electrons. The number of rotatable bonds is 5. The molecule has 0 N–H and O–H groups in total. The fourth-order valence-corrected chi connectivity index (χ4v) is 2.94. The molecule has 3 rings (SSSR count). The maximum atomic E-state index is 12.3. The summed E-state index contributed by atoms with van der Waals surface area (Å²) in [5, 5.41) is -0.276. The Kier molecular flexibility index (Phi) is 4.73. The Bertz CT molecular complexity index is 732. The van der Waals surface area contributed by atoms with Crippen molar-refractivity contribution >= 4 is 29.0 Å². The lowest BCUT2D eigenvalue weighted by Gasteiger charge is -2.13. The molecule has 1 aromatic heterocycles. The van der Waals surface area contributed by atoms with Crippen LogP contribution in [0.4, 0.5) is 4.79 Å². The zero-order chi connectivity index (χ0) is 16.1. The van der Waals surface area contributed by atoms with E-state index in [1.165, 1.54) is 4.90 Å². The first-order valence-electron chi connectivity index (χ1n) is 7.07. The highest BCUT2D eigenvalue weighted by Crippen LogP contribution is 2.31. The molecule has 1 aromatic carbocycles. The minimum absolute atomic E-state index is 0.226. The smallest absolute Gasteiger partial charge is 0.293 e. The second-order valence-electron chi connectivity index (χ2n) is 4.78. The molecular weight excluding hydrogens is 312 g/mol. The van der Waals surface area contributed by atoms with Crippen molar-refractivity contribution in [2.24, 2.45) is 0 Å². The first-order valence-corrected chi connectivity index (χ1v) is 7.89. The fourth-order valence-electron chi connectivity index (χ4n) is 2.08. The van der Waals surface area contributed by atoms with Gasteiger partial charge in [-0.3, -0.25) is 19.5 Å². The molecule has 0 unspecified atom stereocenters. The third-order valence-electron chi connectivity index (χ3n) is 3.18. The van der Waals surface area contributed by atoms with E-state index in [1.807, 2.05) is 36.4 Å². The fraction of sp³-hybridized carbons (Fsp3) is 0.118. The lowest BCUT2D eigenvalue weighted by molar-refractivity contribution is -0.123. The summed E-state index contributed by atoms with van der Waals surface area (Å²) in [4.78, 5) is 29.9. The molecule has 1 aliphatic heterocycles. The third-order valence-corrected chi connectivity index (χ3v) is 4.09. The van der Waals surface area contributed by atoms with E-state index in [2.05, 4.69) is 4.98 Å². The molecule has 0 atom stereocenters. The molecule has 1 saturated heterocycles. The summed E-state index contributed by atoms with van der Waals surface area (Å²) in [5.41, 5.74) is 0.790. The summed E-state index contributed by atoms with van der Waals surface area (Å²) in [6.45, 7) is 0.492. The summed E-state index contributed by atoms with van der Waals surface area (Å²) in [6, 6.07) is 12.9. The Morgan fingerprint density at radius 1 is 1.13 bits per heavy atom. The Morgan fingerprint density at radius 3 is 2.70 bits per heavy atom. The summed E-state index contributed by atoms with van der Waals surface area (Å²) in [5.74, 6) is 0.422. The van der Waals surface area contributed by atoms with Gasteiger partial charge in [-0.15, -0.1) is 0 Å². The van der Waals surface area contributed by atoms with Crippen LogP contribution < -0.4 is 4.74 Å². The number of nitrogens with zero attached hydrogens (tertiary/aromatic N) is 2. The van der Waals surface area contributed by atoms with E-state index < -0.39 is 0 Å². The normalized spacial score (nSPS) is 16.2. The van der Waals surface area contributed by atoms with Crippen molar-refractivity contribution < 1.29 is 14.3 Å². The average molecular weight is 326 g/mol. The van der Waals surface area contributed by atoms with E-state index in [0.29, 0.717) is 10.7 Å². The lowest BCUT2D eigenvalue weighted by atomic mass is 10.2. The van der Waals surface area contributed by atoms with Crippen LogP contribution in [-0.4, -0.2) is 34.2 Å². The van der Waals surface area contributed by atoms with Gasteiger partial charge in [0.05, 0.1) is 11.4 Å². The quantitative estimate of drug-likeness (QED) is 0.790. The molecule has 0 bridgehead atoms. The van der Waals surface area contributed by atoms with Crippen molar-refractivity contribution in [3.8, 4) is 5.75 Å². The molecule has 2 heterocycles. The van der Waals surface area contributed by atoms with Crippen LogP contribution in [0.15, 0.2) is 59.8 Å². The Morgan fingerprint density at radius 2 is 1.96 bits per heavy atom. The van der Waals surface area contributed by atoms with Gasteiger partial charge in [0.25, 0.3) is 11.1 Å².